The summed E-state index contributed by atoms with van der Waals surface area (Å²) in [4.78, 5) is 21.3. The maximum Gasteiger partial charge on any atom is 0.222 e. The number of aliphatic hydroxyl groups is 2. The van der Waals surface area contributed by atoms with Gasteiger partial charge in [0.15, 0.2) is 17.7 Å². The highest BCUT2D eigenvalue weighted by molar-refractivity contribution is 7.56. The van der Waals surface area contributed by atoms with Crippen LogP contribution >= 0.6 is 7.37 Å². The molecule has 1 saturated heterocycles. The van der Waals surface area contributed by atoms with Gasteiger partial charge in [-0.05, 0) is 6.92 Å². The molecule has 0 aromatic carbocycles. The first-order valence-corrected chi connectivity index (χ1v) is 9.76. The molecule has 3 heterocycles. The van der Waals surface area contributed by atoms with Crippen molar-refractivity contribution in [1.29, 1.82) is 0 Å². The Balaban J connectivity index is 1.84. The summed E-state index contributed by atoms with van der Waals surface area (Å²) in [6.07, 6.45) is -0.912. The number of hydrogen-bond acceptors (Lipinski definition) is 9. The molecule has 1 fully saturated rings. The summed E-state index contributed by atoms with van der Waals surface area (Å²) in [5, 5.41) is 21.1. The van der Waals surface area contributed by atoms with Gasteiger partial charge in [-0.25, -0.2) is 15.0 Å². The molecular weight excluding hydrogens is 353 g/mol. The highest BCUT2D eigenvalue weighted by Crippen LogP contribution is 2.40. The van der Waals surface area contributed by atoms with E-state index in [2.05, 4.69) is 15.0 Å². The van der Waals surface area contributed by atoms with E-state index in [1.54, 1.807) is 0 Å². The summed E-state index contributed by atoms with van der Waals surface area (Å²) in [5.41, 5.74) is 4.77. The molecule has 0 amide bonds. The summed E-state index contributed by atoms with van der Waals surface area (Å²) in [5.74, 6) is 0.184. The largest absolute Gasteiger partial charge is 0.387 e. The molecule has 11 nitrogen and oxygen atoms in total. The van der Waals surface area contributed by atoms with Crippen LogP contribution in [-0.2, 0) is 14.0 Å². The van der Waals surface area contributed by atoms with Crippen molar-refractivity contribution in [2.24, 2.45) is 0 Å². The number of nitrogen functional groups attached to an aromatic ring is 1. The first-order chi connectivity index (χ1) is 11.6. The monoisotopic (exact) mass is 373 g/mol. The van der Waals surface area contributed by atoms with E-state index in [9.17, 15) is 19.7 Å². The van der Waals surface area contributed by atoms with Crippen molar-refractivity contribution >= 4 is 24.4 Å². The maximum absolute atomic E-state index is 11.3. The minimum absolute atomic E-state index is 0.157. The van der Waals surface area contributed by atoms with Crippen LogP contribution in [0.4, 0.5) is 5.82 Å². The van der Waals surface area contributed by atoms with Gasteiger partial charge in [-0.3, -0.25) is 9.13 Å². The highest BCUT2D eigenvalue weighted by atomic mass is 31.2. The first-order valence-electron chi connectivity index (χ1n) is 7.47. The zero-order valence-electron chi connectivity index (χ0n) is 13.7. The van der Waals surface area contributed by atoms with Crippen molar-refractivity contribution in [3.05, 3.63) is 12.7 Å². The van der Waals surface area contributed by atoms with E-state index >= 15 is 0 Å². The fourth-order valence-corrected chi connectivity index (χ4v) is 3.20. The van der Waals surface area contributed by atoms with E-state index in [0.717, 1.165) is 0 Å². The van der Waals surface area contributed by atoms with Crippen LogP contribution in [0.5, 0.6) is 0 Å². The third-order valence-corrected chi connectivity index (χ3v) is 4.67. The Morgan fingerprint density at radius 1 is 1.48 bits per heavy atom. The van der Waals surface area contributed by atoms with Crippen LogP contribution in [0.15, 0.2) is 12.7 Å². The number of aliphatic hydroxyl groups excluding tert-OH is 1. The average molecular weight is 373 g/mol. The lowest BCUT2D eigenvalue weighted by Crippen LogP contribution is -2.44. The number of rotatable bonds is 5. The number of hydrogen-bond donors (Lipinski definition) is 4. The number of anilines is 1. The zero-order chi connectivity index (χ0) is 18.4. The third kappa shape index (κ3) is 3.39. The summed E-state index contributed by atoms with van der Waals surface area (Å²) >= 11 is 0. The van der Waals surface area contributed by atoms with E-state index in [4.69, 9.17) is 15.2 Å². The van der Waals surface area contributed by atoms with Crippen LogP contribution in [0.3, 0.4) is 0 Å². The molecular formula is C13H20N5O6P. The van der Waals surface area contributed by atoms with E-state index in [-0.39, 0.29) is 18.8 Å². The molecule has 5 N–H and O–H groups in total. The predicted octanol–water partition coefficient (Wildman–Crippen LogP) is -0.708. The van der Waals surface area contributed by atoms with Gasteiger partial charge in [-0.2, -0.15) is 0 Å². The molecule has 2 aromatic heterocycles. The van der Waals surface area contributed by atoms with Crippen LogP contribution in [0.1, 0.15) is 13.2 Å². The molecule has 0 spiro atoms. The van der Waals surface area contributed by atoms with E-state index < -0.39 is 31.4 Å². The van der Waals surface area contributed by atoms with Crippen molar-refractivity contribution in [2.75, 3.05) is 25.4 Å². The fourth-order valence-electron chi connectivity index (χ4n) is 2.76. The fraction of sp³-hybridized carbons (Fsp3) is 0.615. The lowest BCUT2D eigenvalue weighted by molar-refractivity contribution is -0.0958. The SMILES string of the molecule is CC1(O)[C@@H](O)[C@@H](COCP(C)(=O)O)O[C@H]1n1cnc2c(N)ncnc21. The number of ether oxygens (including phenoxy) is 2. The molecule has 0 aliphatic carbocycles. The van der Waals surface area contributed by atoms with E-state index in [0.29, 0.717) is 11.2 Å². The lowest BCUT2D eigenvalue weighted by atomic mass is 9.96. The zero-order valence-corrected chi connectivity index (χ0v) is 14.6. The highest BCUT2D eigenvalue weighted by Gasteiger charge is 2.53. The van der Waals surface area contributed by atoms with Gasteiger partial charge < -0.3 is 30.3 Å². The first kappa shape index (κ1) is 18.2. The van der Waals surface area contributed by atoms with Gasteiger partial charge in [0, 0.05) is 6.66 Å². The third-order valence-electron chi connectivity index (χ3n) is 4.01. The molecule has 1 aliphatic rings. The molecule has 1 aliphatic heterocycles. The molecule has 138 valence electrons. The lowest BCUT2D eigenvalue weighted by Gasteiger charge is -2.27. The van der Waals surface area contributed by atoms with E-state index in [1.807, 2.05) is 0 Å². The van der Waals surface area contributed by atoms with Gasteiger partial charge in [0.2, 0.25) is 7.37 Å². The summed E-state index contributed by atoms with van der Waals surface area (Å²) < 4.78 is 23.6. The number of nitrogens with two attached hydrogens (primary N) is 1. The second-order valence-corrected chi connectivity index (χ2v) is 8.69. The number of fused-ring (bicyclic) bond motifs is 1. The second-order valence-electron chi connectivity index (χ2n) is 6.33. The number of imidazole rings is 1. The van der Waals surface area contributed by atoms with Gasteiger partial charge in [-0.1, -0.05) is 0 Å². The Kier molecular flexibility index (Phi) is 4.56. The van der Waals surface area contributed by atoms with Crippen LogP contribution in [0.25, 0.3) is 11.2 Å². The van der Waals surface area contributed by atoms with Gasteiger partial charge in [0.05, 0.1) is 12.9 Å². The van der Waals surface area contributed by atoms with Crippen LogP contribution < -0.4 is 5.73 Å². The standard InChI is InChI=1S/C13H20N5O6P/c1-13(20)9(19)7(3-23-6-25(2,21)22)24-12(13)18-5-17-8-10(14)15-4-16-11(8)18/h4-5,7,9,12,19-20H,3,6H2,1-2H3,(H,21,22)(H2,14,15,16)/t7-,9+,12-,13?/m1/s1. The quantitative estimate of drug-likeness (QED) is 0.492. The Hall–Kier alpha value is -1.62. The Morgan fingerprint density at radius 2 is 2.20 bits per heavy atom. The molecule has 12 heteroatoms. The van der Waals surface area contributed by atoms with Crippen molar-refractivity contribution in [1.82, 2.24) is 19.5 Å². The normalized spacial score (nSPS) is 32.1. The Labute approximate surface area is 142 Å². The second kappa shape index (κ2) is 6.27. The van der Waals surface area contributed by atoms with Crippen molar-refractivity contribution < 1.29 is 29.1 Å². The molecule has 2 unspecified atom stereocenters. The predicted molar refractivity (Wildman–Crippen MR) is 86.8 cm³/mol. The van der Waals surface area contributed by atoms with Crippen LogP contribution in [0, 0.1) is 0 Å². The van der Waals surface area contributed by atoms with Crippen molar-refractivity contribution in [3.8, 4) is 0 Å². The molecule has 0 saturated carbocycles. The molecule has 25 heavy (non-hydrogen) atoms. The topological polar surface area (TPSA) is 166 Å². The summed E-state index contributed by atoms with van der Waals surface area (Å²) in [7, 11) is -3.34. The molecule has 0 radical (unpaired) electrons. The minimum atomic E-state index is -3.34. The molecule has 0 bridgehead atoms. The van der Waals surface area contributed by atoms with Gasteiger partial charge in [0.25, 0.3) is 0 Å². The summed E-state index contributed by atoms with van der Waals surface area (Å²) in [6.45, 7) is 2.42. The smallest absolute Gasteiger partial charge is 0.222 e. The van der Waals surface area contributed by atoms with Gasteiger partial charge >= 0.3 is 0 Å². The minimum Gasteiger partial charge on any atom is -0.387 e. The van der Waals surface area contributed by atoms with Crippen LogP contribution in [-0.4, -0.2) is 72.1 Å². The Morgan fingerprint density at radius 3 is 2.88 bits per heavy atom. The average Bonchev–Trinajstić information content (AvgIpc) is 3.01. The van der Waals surface area contributed by atoms with Gasteiger partial charge in [0.1, 0.15) is 36.0 Å². The van der Waals surface area contributed by atoms with Crippen molar-refractivity contribution in [2.45, 2.75) is 31.0 Å². The van der Waals surface area contributed by atoms with Crippen LogP contribution in [0.2, 0.25) is 0 Å². The number of aromatic nitrogens is 4. The summed E-state index contributed by atoms with van der Waals surface area (Å²) in [6, 6.07) is 0. The van der Waals surface area contributed by atoms with Gasteiger partial charge in [-0.15, -0.1) is 0 Å². The maximum atomic E-state index is 11.3. The molecule has 2 aromatic rings. The van der Waals surface area contributed by atoms with Crippen molar-refractivity contribution in [3.63, 3.8) is 0 Å². The molecule has 5 atom stereocenters. The number of nitrogens with zero attached hydrogens (tertiary/aromatic N) is 4. The van der Waals surface area contributed by atoms with E-state index in [1.165, 1.54) is 30.8 Å². The Bertz CT molecular complexity index is 820. The molecule has 3 rings (SSSR count).